The average Bonchev–Trinajstić information content (AvgIpc) is 2.99. The predicted molar refractivity (Wildman–Crippen MR) is 150 cm³/mol. The van der Waals surface area contributed by atoms with Crippen LogP contribution in [0.25, 0.3) is 0 Å². The van der Waals surface area contributed by atoms with Crippen molar-refractivity contribution in [3.63, 3.8) is 0 Å². The first-order chi connectivity index (χ1) is 20.7. The number of piperidine rings is 1. The zero-order chi connectivity index (χ0) is 32.2. The second-order valence-electron chi connectivity index (χ2n) is 11.1. The monoisotopic (exact) mass is 624 g/mol. The normalized spacial score (nSPS) is 21.6. The quantitative estimate of drug-likeness (QED) is 0.250. The molecule has 1 heterocycles. The zero-order valence-corrected chi connectivity index (χ0v) is 24.3. The molecule has 1 amide bonds. The van der Waals surface area contributed by atoms with Gasteiger partial charge in [-0.25, -0.2) is 4.79 Å². The van der Waals surface area contributed by atoms with Gasteiger partial charge >= 0.3 is 18.4 Å². The minimum atomic E-state index is -5.00. The average molecular weight is 625 g/mol. The third-order valence-electron chi connectivity index (χ3n) is 7.85. The van der Waals surface area contributed by atoms with Crippen LogP contribution in [-0.4, -0.2) is 43.4 Å². The maximum atomic E-state index is 13.8. The molecule has 0 aliphatic carbocycles. The molecule has 238 valence electrons. The van der Waals surface area contributed by atoms with Gasteiger partial charge in [-0.15, -0.1) is 0 Å². The Morgan fingerprint density at radius 1 is 0.886 bits per heavy atom. The van der Waals surface area contributed by atoms with Crippen LogP contribution in [0, 0.1) is 0 Å². The number of amides is 1. The molecular formula is C32H34F6N2O4. The SMILES string of the molecule is COCC1(N)CC[C@@](CO[C@H](C)c2cc(C(F)(F)F)cc(C(F)(F)F)c2)(c2ccccc2)N(C(=O)OCc2ccccc2)C1. The van der Waals surface area contributed by atoms with Crippen LogP contribution >= 0.6 is 0 Å². The van der Waals surface area contributed by atoms with Gasteiger partial charge in [-0.2, -0.15) is 26.3 Å². The molecule has 0 spiro atoms. The van der Waals surface area contributed by atoms with Crippen molar-refractivity contribution in [2.24, 2.45) is 5.73 Å². The van der Waals surface area contributed by atoms with E-state index in [4.69, 9.17) is 19.9 Å². The van der Waals surface area contributed by atoms with E-state index in [1.165, 1.54) is 18.9 Å². The summed E-state index contributed by atoms with van der Waals surface area (Å²) in [4.78, 5) is 15.2. The molecule has 1 aliphatic heterocycles. The van der Waals surface area contributed by atoms with Gasteiger partial charge in [0, 0.05) is 13.7 Å². The van der Waals surface area contributed by atoms with Crippen molar-refractivity contribution in [3.8, 4) is 0 Å². The van der Waals surface area contributed by atoms with Gasteiger partial charge in [0.15, 0.2) is 0 Å². The summed E-state index contributed by atoms with van der Waals surface area (Å²) < 4.78 is 98.4. The minimum absolute atomic E-state index is 0.0110. The Morgan fingerprint density at radius 3 is 2.00 bits per heavy atom. The molecule has 44 heavy (non-hydrogen) atoms. The number of benzene rings is 3. The Balaban J connectivity index is 1.70. The summed E-state index contributed by atoms with van der Waals surface area (Å²) in [6.07, 6.45) is -11.3. The number of hydrogen-bond donors (Lipinski definition) is 1. The number of carbonyl (C=O) groups is 1. The minimum Gasteiger partial charge on any atom is -0.445 e. The molecular weight excluding hydrogens is 590 g/mol. The number of ether oxygens (including phenoxy) is 3. The van der Waals surface area contributed by atoms with Crippen molar-refractivity contribution in [1.29, 1.82) is 0 Å². The molecule has 12 heteroatoms. The molecule has 0 aromatic heterocycles. The highest BCUT2D eigenvalue weighted by Crippen LogP contribution is 2.43. The van der Waals surface area contributed by atoms with E-state index < -0.39 is 46.8 Å². The van der Waals surface area contributed by atoms with Crippen LogP contribution < -0.4 is 5.73 Å². The second-order valence-corrected chi connectivity index (χ2v) is 11.1. The Bertz CT molecular complexity index is 1370. The number of rotatable bonds is 9. The Kier molecular flexibility index (Phi) is 9.96. The van der Waals surface area contributed by atoms with Crippen LogP contribution in [0.5, 0.6) is 0 Å². The summed E-state index contributed by atoms with van der Waals surface area (Å²) in [6, 6.07) is 19.2. The second kappa shape index (κ2) is 13.2. The molecule has 3 atom stereocenters. The van der Waals surface area contributed by atoms with E-state index in [0.717, 1.165) is 5.56 Å². The topological polar surface area (TPSA) is 74.0 Å². The van der Waals surface area contributed by atoms with Gasteiger partial charge in [-0.05, 0) is 54.7 Å². The third-order valence-corrected chi connectivity index (χ3v) is 7.85. The summed E-state index contributed by atoms with van der Waals surface area (Å²) in [5.74, 6) is 0. The lowest BCUT2D eigenvalue weighted by Crippen LogP contribution is -2.66. The summed E-state index contributed by atoms with van der Waals surface area (Å²) in [7, 11) is 1.49. The molecule has 1 aliphatic rings. The summed E-state index contributed by atoms with van der Waals surface area (Å²) in [5.41, 5.74) is 2.67. The van der Waals surface area contributed by atoms with Crippen LogP contribution in [0.15, 0.2) is 78.9 Å². The van der Waals surface area contributed by atoms with Gasteiger partial charge in [-0.3, -0.25) is 4.90 Å². The lowest BCUT2D eigenvalue weighted by molar-refractivity contribution is -0.143. The third kappa shape index (κ3) is 7.72. The number of nitrogens with zero attached hydrogens (tertiary/aromatic N) is 1. The summed E-state index contributed by atoms with van der Waals surface area (Å²) in [6.45, 7) is 1.18. The molecule has 0 bridgehead atoms. The van der Waals surface area contributed by atoms with Crippen molar-refractivity contribution in [1.82, 2.24) is 4.90 Å². The van der Waals surface area contributed by atoms with Gasteiger partial charge in [-0.1, -0.05) is 60.7 Å². The van der Waals surface area contributed by atoms with E-state index in [1.807, 2.05) is 6.07 Å². The number of alkyl halides is 6. The molecule has 3 aromatic carbocycles. The van der Waals surface area contributed by atoms with Gasteiger partial charge in [0.1, 0.15) is 6.61 Å². The van der Waals surface area contributed by atoms with Crippen molar-refractivity contribution >= 4 is 6.09 Å². The molecule has 0 saturated carbocycles. The molecule has 4 rings (SSSR count). The highest BCUT2D eigenvalue weighted by atomic mass is 19.4. The van der Waals surface area contributed by atoms with Gasteiger partial charge < -0.3 is 19.9 Å². The molecule has 6 nitrogen and oxygen atoms in total. The maximum absolute atomic E-state index is 13.8. The molecule has 0 radical (unpaired) electrons. The van der Waals surface area contributed by atoms with E-state index in [0.29, 0.717) is 24.1 Å². The van der Waals surface area contributed by atoms with Crippen molar-refractivity contribution < 1.29 is 45.3 Å². The van der Waals surface area contributed by atoms with E-state index in [1.54, 1.807) is 54.6 Å². The number of likely N-dealkylation sites (tertiary alicyclic amines) is 1. The molecule has 2 N–H and O–H groups in total. The standard InChI is InChI=1S/C32H34F6N2O4/c1-22(24-15-26(31(33,34)35)17-27(16-24)32(36,37)38)44-21-30(25-11-7-4-8-12-25)14-13-29(39,20-42-2)19-40(30)28(41)43-18-23-9-5-3-6-10-23/h3-12,15-17,22H,13-14,18-21,39H2,1-2H3/t22-,29?,30-/m1/s1. The molecule has 3 aromatic rings. The summed E-state index contributed by atoms with van der Waals surface area (Å²) >= 11 is 0. The number of hydrogen-bond acceptors (Lipinski definition) is 5. The number of methoxy groups -OCH3 is 1. The van der Waals surface area contributed by atoms with Gasteiger partial charge in [0.2, 0.25) is 0 Å². The molecule has 1 fully saturated rings. The predicted octanol–water partition coefficient (Wildman–Crippen LogP) is 7.47. The number of halogens is 6. The molecule has 1 unspecified atom stereocenters. The van der Waals surface area contributed by atoms with Crippen LogP contribution in [-0.2, 0) is 38.7 Å². The van der Waals surface area contributed by atoms with Gasteiger partial charge in [0.25, 0.3) is 0 Å². The fraction of sp³-hybridized carbons (Fsp3) is 0.406. The fourth-order valence-electron chi connectivity index (χ4n) is 5.43. The lowest BCUT2D eigenvalue weighted by Gasteiger charge is -2.52. The first-order valence-corrected chi connectivity index (χ1v) is 13.9. The Hall–Kier alpha value is -3.61. The van der Waals surface area contributed by atoms with Crippen LogP contribution in [0.2, 0.25) is 0 Å². The van der Waals surface area contributed by atoms with E-state index in [9.17, 15) is 31.1 Å². The van der Waals surface area contributed by atoms with E-state index in [2.05, 4.69) is 0 Å². The van der Waals surface area contributed by atoms with Crippen molar-refractivity contribution in [2.45, 2.75) is 55.9 Å². The van der Waals surface area contributed by atoms with Crippen molar-refractivity contribution in [3.05, 3.63) is 107 Å². The first-order valence-electron chi connectivity index (χ1n) is 13.9. The zero-order valence-electron chi connectivity index (χ0n) is 24.3. The Labute approximate surface area is 251 Å². The van der Waals surface area contributed by atoms with Crippen LogP contribution in [0.3, 0.4) is 0 Å². The highest BCUT2D eigenvalue weighted by Gasteiger charge is 2.51. The Morgan fingerprint density at radius 2 is 1.45 bits per heavy atom. The largest absolute Gasteiger partial charge is 0.445 e. The fourth-order valence-corrected chi connectivity index (χ4v) is 5.43. The van der Waals surface area contributed by atoms with E-state index >= 15 is 0 Å². The maximum Gasteiger partial charge on any atom is 0.416 e. The van der Waals surface area contributed by atoms with Crippen molar-refractivity contribution in [2.75, 3.05) is 26.9 Å². The van der Waals surface area contributed by atoms with Crippen LogP contribution in [0.1, 0.15) is 53.7 Å². The smallest absolute Gasteiger partial charge is 0.416 e. The van der Waals surface area contributed by atoms with Crippen LogP contribution in [0.4, 0.5) is 31.1 Å². The number of nitrogens with two attached hydrogens (primary N) is 1. The van der Waals surface area contributed by atoms with E-state index in [-0.39, 0.29) is 44.4 Å². The number of carbonyl (C=O) groups excluding carboxylic acids is 1. The lowest BCUT2D eigenvalue weighted by atomic mass is 9.75. The first kappa shape index (κ1) is 33.3. The molecule has 1 saturated heterocycles. The summed E-state index contributed by atoms with van der Waals surface area (Å²) in [5, 5.41) is 0. The highest BCUT2D eigenvalue weighted by molar-refractivity contribution is 5.70. The van der Waals surface area contributed by atoms with Gasteiger partial charge in [0.05, 0.1) is 41.5 Å².